The Morgan fingerprint density at radius 1 is 0.924 bits per heavy atom. The van der Waals surface area contributed by atoms with E-state index < -0.39 is 22.0 Å². The Morgan fingerprint density at radius 2 is 1.71 bits per heavy atom. The number of ether oxygens (including phenoxy) is 2. The predicted octanol–water partition coefficient (Wildman–Crippen LogP) is 6.02. The lowest BCUT2D eigenvalue weighted by Crippen LogP contribution is -2.53. The van der Waals surface area contributed by atoms with Gasteiger partial charge in [-0.2, -0.15) is 4.98 Å². The number of amides is 3. The van der Waals surface area contributed by atoms with Crippen molar-refractivity contribution in [1.29, 1.82) is 0 Å². The molecule has 66 heavy (non-hydrogen) atoms. The van der Waals surface area contributed by atoms with Crippen LogP contribution >= 0.6 is 11.6 Å². The summed E-state index contributed by atoms with van der Waals surface area (Å²) in [6, 6.07) is 14.7. The first-order chi connectivity index (χ1) is 31.8. The number of nitrogens with one attached hydrogen (secondary N) is 4. The fourth-order valence-corrected chi connectivity index (χ4v) is 10.0. The number of piperidine rings is 2. The van der Waals surface area contributed by atoms with Crippen LogP contribution in [0.5, 0.6) is 11.5 Å². The van der Waals surface area contributed by atoms with Crippen molar-refractivity contribution in [2.75, 3.05) is 86.5 Å². The quantitative estimate of drug-likeness (QED) is 0.0955. The van der Waals surface area contributed by atoms with Gasteiger partial charge in [-0.05, 0) is 73.1 Å². The van der Waals surface area contributed by atoms with E-state index in [2.05, 4.69) is 76.5 Å². The molecule has 0 saturated carbocycles. The number of sulfonamides is 1. The first-order valence-corrected chi connectivity index (χ1v) is 24.7. The number of carbonyl (C=O) groups excluding carboxylic acids is 3. The third-order valence-corrected chi connectivity index (χ3v) is 13.7. The van der Waals surface area contributed by atoms with Crippen molar-refractivity contribution in [3.8, 4) is 11.5 Å². The van der Waals surface area contributed by atoms with E-state index in [1.165, 1.54) is 18.9 Å². The highest BCUT2D eigenvalue weighted by Crippen LogP contribution is 2.38. The number of piperazine rings is 1. The van der Waals surface area contributed by atoms with E-state index in [1.807, 2.05) is 18.2 Å². The first-order valence-electron chi connectivity index (χ1n) is 22.4. The van der Waals surface area contributed by atoms with Crippen LogP contribution in [-0.2, 0) is 32.6 Å². The van der Waals surface area contributed by atoms with E-state index in [1.54, 1.807) is 30.2 Å². The molecule has 19 heteroatoms. The van der Waals surface area contributed by atoms with Crippen molar-refractivity contribution in [1.82, 2.24) is 30.0 Å². The normalized spacial score (nSPS) is 18.7. The summed E-state index contributed by atoms with van der Waals surface area (Å²) in [6.45, 7) is 9.47. The lowest BCUT2D eigenvalue weighted by Gasteiger charge is -2.43. The molecule has 0 aliphatic carbocycles. The predicted molar refractivity (Wildman–Crippen MR) is 257 cm³/mol. The summed E-state index contributed by atoms with van der Waals surface area (Å²) < 4.78 is 37.9. The number of hydrogen-bond acceptors (Lipinski definition) is 14. The Bertz CT molecular complexity index is 2620. The minimum atomic E-state index is -3.59. The molecule has 4 aliphatic heterocycles. The molecule has 3 fully saturated rings. The summed E-state index contributed by atoms with van der Waals surface area (Å²) in [6.07, 6.45) is 11.3. The topological polar surface area (TPSA) is 191 Å². The second-order valence-corrected chi connectivity index (χ2v) is 19.2. The number of methoxy groups -OCH3 is 2. The van der Waals surface area contributed by atoms with E-state index in [0.717, 1.165) is 94.6 Å². The molecule has 1 unspecified atom stereocenters. The molecule has 3 aromatic carbocycles. The molecule has 1 atom stereocenters. The third kappa shape index (κ3) is 10.7. The summed E-state index contributed by atoms with van der Waals surface area (Å²) in [4.78, 5) is 55.7. The minimum Gasteiger partial charge on any atom is -0.497 e. The van der Waals surface area contributed by atoms with Crippen LogP contribution in [0.3, 0.4) is 0 Å². The Balaban J connectivity index is 0.829. The van der Waals surface area contributed by atoms with Crippen LogP contribution in [-0.4, -0.2) is 129 Å². The lowest BCUT2D eigenvalue weighted by atomic mass is 9.99. The Morgan fingerprint density at radius 3 is 2.42 bits per heavy atom. The number of anilines is 6. The second kappa shape index (κ2) is 20.3. The molecule has 4 N–H and O–H groups in total. The Hall–Kier alpha value is -5.95. The average molecular weight is 942 g/mol. The van der Waals surface area contributed by atoms with E-state index in [0.29, 0.717) is 47.4 Å². The number of hydrogen-bond donors (Lipinski definition) is 4. The minimum absolute atomic E-state index is 0.153. The zero-order chi connectivity index (χ0) is 46.5. The van der Waals surface area contributed by atoms with Gasteiger partial charge >= 0.3 is 0 Å². The molecule has 17 nitrogen and oxygen atoms in total. The summed E-state index contributed by atoms with van der Waals surface area (Å²) >= 11 is 6.52. The van der Waals surface area contributed by atoms with Crippen LogP contribution < -0.4 is 35.0 Å². The molecular formula is C47H57ClN10O7S. The highest BCUT2D eigenvalue weighted by Gasteiger charge is 2.39. The number of halogens is 1. The van der Waals surface area contributed by atoms with Crippen molar-refractivity contribution in [2.45, 2.75) is 64.1 Å². The van der Waals surface area contributed by atoms with E-state index in [9.17, 15) is 22.8 Å². The van der Waals surface area contributed by atoms with Gasteiger partial charge in [-0.3, -0.25) is 29.3 Å². The molecule has 0 radical (unpaired) electrons. The number of rotatable bonds is 16. The molecule has 4 aliphatic rings. The molecule has 0 bridgehead atoms. The maximum absolute atomic E-state index is 13.2. The zero-order valence-corrected chi connectivity index (χ0v) is 39.3. The third-order valence-electron chi connectivity index (χ3n) is 12.8. The van der Waals surface area contributed by atoms with Gasteiger partial charge in [0.2, 0.25) is 27.8 Å². The number of fused-ring (bicyclic) bond motifs is 1. The van der Waals surface area contributed by atoms with Gasteiger partial charge in [0, 0.05) is 88.2 Å². The molecule has 350 valence electrons. The van der Waals surface area contributed by atoms with Crippen molar-refractivity contribution >= 4 is 79.9 Å². The van der Waals surface area contributed by atoms with Gasteiger partial charge in [0.25, 0.3) is 5.91 Å². The molecule has 4 aromatic rings. The van der Waals surface area contributed by atoms with Gasteiger partial charge < -0.3 is 34.8 Å². The van der Waals surface area contributed by atoms with Crippen LogP contribution in [0, 0.1) is 0 Å². The summed E-state index contributed by atoms with van der Waals surface area (Å²) in [5.74, 6) is 0.832. The van der Waals surface area contributed by atoms with Crippen molar-refractivity contribution in [3.63, 3.8) is 0 Å². The highest BCUT2D eigenvalue weighted by molar-refractivity contribution is 7.92. The van der Waals surface area contributed by atoms with Gasteiger partial charge in [-0.25, -0.2) is 13.4 Å². The molecule has 0 spiro atoms. The van der Waals surface area contributed by atoms with Crippen molar-refractivity contribution in [3.05, 3.63) is 88.1 Å². The number of imide groups is 1. The molecule has 5 heterocycles. The second-order valence-electron chi connectivity index (χ2n) is 17.0. The summed E-state index contributed by atoms with van der Waals surface area (Å²) in [7, 11) is -0.448. The fraction of sp³-hybridized carbons (Fsp3) is 0.426. The zero-order valence-electron chi connectivity index (χ0n) is 37.7. The van der Waals surface area contributed by atoms with E-state index >= 15 is 0 Å². The van der Waals surface area contributed by atoms with Gasteiger partial charge in [0.1, 0.15) is 22.6 Å². The smallest absolute Gasteiger partial charge is 0.255 e. The van der Waals surface area contributed by atoms with Crippen LogP contribution in [0.25, 0.3) is 6.08 Å². The standard InChI is InChI=1S/C47H57ClN10O7S/c1-5-30-25-39(51-47-49-28-36(48)44(53-47)50-37-13-12-33(64-2)26-38(37)54-66(4,62)63)42(65-3)27-41(30)57-19-16-32(17-20-57)56-23-21-55(22-24-56)18-7-6-9-31-10-8-11-34-35(31)29-58(46(34)61)40-14-15-43(59)52-45(40)60/h6,8-13,25-28,32,40,54H,5,7,14-24,29H2,1-4H3,(H,52,59,60)(H2,49,50,51,53)/b9-6-. The number of benzene rings is 3. The number of carbonyl (C=O) groups is 3. The van der Waals surface area contributed by atoms with Crippen LogP contribution in [0.1, 0.15) is 66.1 Å². The lowest BCUT2D eigenvalue weighted by molar-refractivity contribution is -0.136. The molecular weight excluding hydrogens is 884 g/mol. The summed E-state index contributed by atoms with van der Waals surface area (Å²) in [5, 5.41) is 9.06. The summed E-state index contributed by atoms with van der Waals surface area (Å²) in [5.41, 5.74) is 6.28. The molecule has 3 amide bonds. The Labute approximate surface area is 390 Å². The van der Waals surface area contributed by atoms with Crippen LogP contribution in [0.4, 0.5) is 34.5 Å². The number of nitrogens with zero attached hydrogens (tertiary/aromatic N) is 6. The van der Waals surface area contributed by atoms with Crippen LogP contribution in [0.15, 0.2) is 60.8 Å². The van der Waals surface area contributed by atoms with E-state index in [4.69, 9.17) is 21.1 Å². The maximum Gasteiger partial charge on any atom is 0.255 e. The maximum atomic E-state index is 13.2. The van der Waals surface area contributed by atoms with Crippen molar-refractivity contribution in [2.24, 2.45) is 0 Å². The highest BCUT2D eigenvalue weighted by atomic mass is 35.5. The van der Waals surface area contributed by atoms with E-state index in [-0.39, 0.29) is 40.7 Å². The monoisotopic (exact) mass is 940 g/mol. The number of aryl methyl sites for hydroxylation is 1. The largest absolute Gasteiger partial charge is 0.497 e. The fourth-order valence-electron chi connectivity index (χ4n) is 9.32. The SMILES string of the molecule is CCc1cc(Nc2ncc(Cl)c(Nc3ccc(OC)cc3NS(C)(=O)=O)n2)c(OC)cc1N1CCC(N2CCN(CC/C=C\c3cccc4c3CN(C3CCC(=O)NC3=O)C4=O)CC2)CC1. The average Bonchev–Trinajstić information content (AvgIpc) is 3.65. The molecule has 3 saturated heterocycles. The first kappa shape index (κ1) is 46.6. The van der Waals surface area contributed by atoms with Crippen molar-refractivity contribution < 1.29 is 32.3 Å². The Kier molecular flexibility index (Phi) is 14.3. The molecule has 8 rings (SSSR count). The van der Waals surface area contributed by atoms with Crippen LogP contribution in [0.2, 0.25) is 5.02 Å². The number of aromatic nitrogens is 2. The van der Waals surface area contributed by atoms with Gasteiger partial charge in [0.05, 0.1) is 43.7 Å². The van der Waals surface area contributed by atoms with Gasteiger partial charge in [-0.15, -0.1) is 0 Å². The van der Waals surface area contributed by atoms with Gasteiger partial charge in [0.15, 0.2) is 5.82 Å². The molecule has 1 aromatic heterocycles. The van der Waals surface area contributed by atoms with Gasteiger partial charge in [-0.1, -0.05) is 42.8 Å².